The van der Waals surface area contributed by atoms with E-state index in [1.54, 1.807) is 18.4 Å². The summed E-state index contributed by atoms with van der Waals surface area (Å²) in [5.74, 6) is 0.00905. The van der Waals surface area contributed by atoms with Crippen LogP contribution < -0.4 is 10.9 Å². The van der Waals surface area contributed by atoms with Crippen LogP contribution in [0, 0.1) is 20.8 Å². The molecule has 0 aliphatic rings. The second-order valence-electron chi connectivity index (χ2n) is 8.13. The van der Waals surface area contributed by atoms with Crippen molar-refractivity contribution in [2.75, 3.05) is 11.1 Å². The molecular formula is C25H22N4O2S3. The Hall–Kier alpha value is -3.01. The third-order valence-corrected chi connectivity index (χ3v) is 8.86. The van der Waals surface area contributed by atoms with Gasteiger partial charge in [-0.15, -0.1) is 22.7 Å². The number of nitrogens with one attached hydrogen (secondary N) is 1. The number of nitrogens with zero attached hydrogens (tertiary/aromatic N) is 3. The number of amides is 1. The van der Waals surface area contributed by atoms with E-state index in [0.717, 1.165) is 31.4 Å². The standard InChI is InChI=1S/C25H22N4O2S3/c1-13-5-10-18-19(11-13)34-22(27-18)16-6-8-17(9-7-16)26-20(30)12-32-25-28-23-21(24(31)29(25)4)14(2)15(3)33-23/h5-11H,12H2,1-4H3,(H,26,30). The van der Waals surface area contributed by atoms with Crippen molar-refractivity contribution in [3.63, 3.8) is 0 Å². The van der Waals surface area contributed by atoms with Crippen LogP contribution in [0.1, 0.15) is 16.0 Å². The van der Waals surface area contributed by atoms with Crippen molar-refractivity contribution in [3.05, 3.63) is 68.8 Å². The lowest BCUT2D eigenvalue weighted by molar-refractivity contribution is -0.113. The predicted molar refractivity (Wildman–Crippen MR) is 143 cm³/mol. The summed E-state index contributed by atoms with van der Waals surface area (Å²) in [4.78, 5) is 36.5. The topological polar surface area (TPSA) is 76.9 Å². The maximum absolute atomic E-state index is 12.8. The average Bonchev–Trinajstić information content (AvgIpc) is 3.36. The number of rotatable bonds is 5. The highest BCUT2D eigenvalue weighted by molar-refractivity contribution is 7.99. The lowest BCUT2D eigenvalue weighted by atomic mass is 10.2. The molecule has 34 heavy (non-hydrogen) atoms. The van der Waals surface area contributed by atoms with E-state index in [0.29, 0.717) is 16.2 Å². The number of aryl methyl sites for hydroxylation is 3. The number of carbonyl (C=O) groups excluding carboxylic acids is 1. The van der Waals surface area contributed by atoms with Crippen LogP contribution in [-0.2, 0) is 11.8 Å². The van der Waals surface area contributed by atoms with Crippen LogP contribution in [0.25, 0.3) is 31.0 Å². The van der Waals surface area contributed by atoms with Crippen molar-refractivity contribution >= 4 is 66.5 Å². The Morgan fingerprint density at radius 2 is 1.82 bits per heavy atom. The zero-order chi connectivity index (χ0) is 24.0. The lowest BCUT2D eigenvalue weighted by Gasteiger charge is -2.08. The van der Waals surface area contributed by atoms with E-state index in [-0.39, 0.29) is 17.2 Å². The smallest absolute Gasteiger partial charge is 0.262 e. The average molecular weight is 507 g/mol. The van der Waals surface area contributed by atoms with Gasteiger partial charge in [0.15, 0.2) is 5.16 Å². The first-order chi connectivity index (χ1) is 16.3. The van der Waals surface area contributed by atoms with Crippen LogP contribution in [0.15, 0.2) is 52.4 Å². The molecule has 0 bridgehead atoms. The fourth-order valence-corrected chi connectivity index (χ4v) is 6.58. The summed E-state index contributed by atoms with van der Waals surface area (Å²) in [6.45, 7) is 6.01. The van der Waals surface area contributed by atoms with Crippen molar-refractivity contribution < 1.29 is 4.79 Å². The molecule has 5 rings (SSSR count). The number of benzene rings is 2. The lowest BCUT2D eigenvalue weighted by Crippen LogP contribution is -2.21. The number of thioether (sulfide) groups is 1. The molecule has 1 N–H and O–H groups in total. The molecule has 0 unspecified atom stereocenters. The first kappa shape index (κ1) is 22.8. The van der Waals surface area contributed by atoms with Crippen molar-refractivity contribution in [3.8, 4) is 10.6 Å². The molecule has 5 aromatic rings. The van der Waals surface area contributed by atoms with Gasteiger partial charge in [-0.3, -0.25) is 14.2 Å². The molecule has 0 aliphatic heterocycles. The molecule has 9 heteroatoms. The Morgan fingerprint density at radius 1 is 1.06 bits per heavy atom. The van der Waals surface area contributed by atoms with Crippen molar-refractivity contribution in [2.45, 2.75) is 25.9 Å². The summed E-state index contributed by atoms with van der Waals surface area (Å²) in [5, 5.41) is 5.08. The second kappa shape index (κ2) is 8.98. The molecule has 172 valence electrons. The quantitative estimate of drug-likeness (QED) is 0.236. The third-order valence-electron chi connectivity index (χ3n) is 5.66. The fourth-order valence-electron chi connectivity index (χ4n) is 3.66. The van der Waals surface area contributed by atoms with E-state index < -0.39 is 0 Å². The summed E-state index contributed by atoms with van der Waals surface area (Å²) < 4.78 is 2.69. The first-order valence-corrected chi connectivity index (χ1v) is 13.3. The van der Waals surface area contributed by atoms with Gasteiger partial charge in [0, 0.05) is 23.2 Å². The Morgan fingerprint density at radius 3 is 2.59 bits per heavy atom. The molecule has 1 amide bonds. The largest absolute Gasteiger partial charge is 0.325 e. The number of thiazole rings is 1. The van der Waals surface area contributed by atoms with Crippen molar-refractivity contribution in [1.29, 1.82) is 0 Å². The molecule has 0 radical (unpaired) electrons. The van der Waals surface area contributed by atoms with Gasteiger partial charge in [-0.05, 0) is 68.3 Å². The molecule has 3 aromatic heterocycles. The van der Waals surface area contributed by atoms with E-state index in [4.69, 9.17) is 4.98 Å². The third kappa shape index (κ3) is 4.26. The highest BCUT2D eigenvalue weighted by Gasteiger charge is 2.16. The summed E-state index contributed by atoms with van der Waals surface area (Å²) in [6, 6.07) is 13.9. The molecule has 0 saturated carbocycles. The van der Waals surface area contributed by atoms with E-state index in [1.807, 2.05) is 44.2 Å². The zero-order valence-corrected chi connectivity index (χ0v) is 21.6. The van der Waals surface area contributed by atoms with E-state index in [9.17, 15) is 9.59 Å². The molecule has 6 nitrogen and oxygen atoms in total. The number of thiophene rings is 1. The number of fused-ring (bicyclic) bond motifs is 2. The van der Waals surface area contributed by atoms with Gasteiger partial charge in [0.05, 0.1) is 21.4 Å². The van der Waals surface area contributed by atoms with Gasteiger partial charge in [-0.1, -0.05) is 17.8 Å². The SMILES string of the molecule is Cc1ccc2nc(-c3ccc(NC(=O)CSc4nc5sc(C)c(C)c5c(=O)n4C)cc3)sc2c1. The van der Waals surface area contributed by atoms with Crippen molar-refractivity contribution in [1.82, 2.24) is 14.5 Å². The van der Waals surface area contributed by atoms with Gasteiger partial charge in [0.1, 0.15) is 9.84 Å². The Bertz CT molecular complexity index is 1610. The Kier molecular flexibility index (Phi) is 6.01. The number of aromatic nitrogens is 3. The highest BCUT2D eigenvalue weighted by atomic mass is 32.2. The minimum atomic E-state index is -0.152. The van der Waals surface area contributed by atoms with Crippen LogP contribution >= 0.6 is 34.4 Å². The molecule has 0 aliphatic carbocycles. The zero-order valence-electron chi connectivity index (χ0n) is 19.1. The van der Waals surface area contributed by atoms with Gasteiger partial charge >= 0.3 is 0 Å². The fraction of sp³-hybridized carbons (Fsp3) is 0.200. The van der Waals surface area contributed by atoms with Gasteiger partial charge in [-0.2, -0.15) is 0 Å². The second-order valence-corrected chi connectivity index (χ2v) is 11.3. The minimum Gasteiger partial charge on any atom is -0.325 e. The highest BCUT2D eigenvalue weighted by Crippen LogP contribution is 2.31. The summed E-state index contributed by atoms with van der Waals surface area (Å²) in [7, 11) is 1.70. The molecule has 3 heterocycles. The molecule has 0 spiro atoms. The minimum absolute atomic E-state index is 0.0737. The summed E-state index contributed by atoms with van der Waals surface area (Å²) in [5.41, 5.74) is 4.85. The molecule has 0 saturated heterocycles. The summed E-state index contributed by atoms with van der Waals surface area (Å²) in [6.07, 6.45) is 0. The van der Waals surface area contributed by atoms with E-state index >= 15 is 0 Å². The van der Waals surface area contributed by atoms with Crippen LogP contribution in [0.4, 0.5) is 5.69 Å². The summed E-state index contributed by atoms with van der Waals surface area (Å²) >= 11 is 4.43. The van der Waals surface area contributed by atoms with Crippen LogP contribution in [-0.4, -0.2) is 26.2 Å². The maximum Gasteiger partial charge on any atom is 0.262 e. The van der Waals surface area contributed by atoms with Gasteiger partial charge in [0.25, 0.3) is 5.56 Å². The van der Waals surface area contributed by atoms with Gasteiger partial charge in [-0.25, -0.2) is 9.97 Å². The molecule has 0 fully saturated rings. The van der Waals surface area contributed by atoms with E-state index in [2.05, 4.69) is 29.4 Å². The van der Waals surface area contributed by atoms with E-state index in [1.165, 1.54) is 37.9 Å². The van der Waals surface area contributed by atoms with Gasteiger partial charge in [0.2, 0.25) is 5.91 Å². The molecule has 2 aromatic carbocycles. The van der Waals surface area contributed by atoms with Gasteiger partial charge < -0.3 is 5.32 Å². The number of hydrogen-bond donors (Lipinski definition) is 1. The number of anilines is 1. The Labute approximate surface area is 208 Å². The van der Waals surface area contributed by atoms with Crippen LogP contribution in [0.2, 0.25) is 0 Å². The Balaban J connectivity index is 1.27. The monoisotopic (exact) mass is 506 g/mol. The number of carbonyl (C=O) groups is 1. The normalized spacial score (nSPS) is 11.4. The van der Waals surface area contributed by atoms with Crippen molar-refractivity contribution in [2.24, 2.45) is 7.05 Å². The molecule has 0 atom stereocenters. The maximum atomic E-state index is 12.8. The number of hydrogen-bond acceptors (Lipinski definition) is 7. The van der Waals surface area contributed by atoms with Crippen LogP contribution in [0.5, 0.6) is 0 Å². The first-order valence-electron chi connectivity index (χ1n) is 10.7. The van der Waals surface area contributed by atoms with Crippen LogP contribution in [0.3, 0.4) is 0 Å². The predicted octanol–water partition coefficient (Wildman–Crippen LogP) is 5.93. The molecular weight excluding hydrogens is 485 g/mol.